The van der Waals surface area contributed by atoms with E-state index in [0.717, 1.165) is 5.92 Å². The first-order valence-corrected chi connectivity index (χ1v) is 5.32. The van der Waals surface area contributed by atoms with Gasteiger partial charge in [-0.1, -0.05) is 12.2 Å². The zero-order valence-electron chi connectivity index (χ0n) is 8.24. The minimum Gasteiger partial charge on any atom is -0.303 e. The van der Waals surface area contributed by atoms with Gasteiger partial charge in [-0.15, -0.1) is 12.4 Å². The Hall–Kier alpha value is -0.0100. The molecule has 0 N–H and O–H groups in total. The molecule has 2 rings (SSSR count). The van der Waals surface area contributed by atoms with Crippen molar-refractivity contribution in [3.05, 3.63) is 12.2 Å². The predicted octanol–water partition coefficient (Wildman–Crippen LogP) is 2.86. The number of likely N-dealkylation sites (tertiary alicyclic amines) is 1. The molecule has 1 saturated heterocycles. The Morgan fingerprint density at radius 1 is 1.15 bits per heavy atom. The van der Waals surface area contributed by atoms with E-state index in [1.165, 1.54) is 51.7 Å². The van der Waals surface area contributed by atoms with E-state index in [1.807, 2.05) is 0 Å². The molecule has 2 heteroatoms. The van der Waals surface area contributed by atoms with E-state index >= 15 is 0 Å². The molecule has 1 nitrogen and oxygen atoms in total. The molecule has 1 fully saturated rings. The zero-order valence-corrected chi connectivity index (χ0v) is 9.06. The minimum absolute atomic E-state index is 0. The molecule has 1 atom stereocenters. The third-order valence-electron chi connectivity index (χ3n) is 3.09. The van der Waals surface area contributed by atoms with Gasteiger partial charge in [-0.3, -0.25) is 0 Å². The van der Waals surface area contributed by atoms with Gasteiger partial charge in [-0.05, 0) is 51.1 Å². The first kappa shape index (κ1) is 11.1. The van der Waals surface area contributed by atoms with Crippen LogP contribution in [0.25, 0.3) is 0 Å². The van der Waals surface area contributed by atoms with Crippen LogP contribution >= 0.6 is 12.4 Å². The lowest BCUT2D eigenvalue weighted by atomic mass is 9.94. The van der Waals surface area contributed by atoms with Gasteiger partial charge in [-0.2, -0.15) is 0 Å². The molecule has 0 aromatic heterocycles. The molecule has 0 spiro atoms. The van der Waals surface area contributed by atoms with E-state index in [9.17, 15) is 0 Å². The molecular weight excluding hydrogens is 182 g/mol. The van der Waals surface area contributed by atoms with Crippen molar-refractivity contribution in [3.63, 3.8) is 0 Å². The van der Waals surface area contributed by atoms with Crippen molar-refractivity contribution >= 4 is 12.4 Å². The Labute approximate surface area is 87.6 Å². The standard InChI is InChI=1S/C11H19N.ClH/c1-2-6-11(7-3-1)10-12-8-4-5-9-12;/h1-2,11H,3-10H2;1H. The molecule has 0 saturated carbocycles. The van der Waals surface area contributed by atoms with Crippen molar-refractivity contribution in [1.29, 1.82) is 0 Å². The van der Waals surface area contributed by atoms with Gasteiger partial charge in [0.2, 0.25) is 0 Å². The summed E-state index contributed by atoms with van der Waals surface area (Å²) in [6.07, 6.45) is 11.6. The van der Waals surface area contributed by atoms with Crippen LogP contribution in [-0.4, -0.2) is 24.5 Å². The Kier molecular flexibility index (Phi) is 4.82. The lowest BCUT2D eigenvalue weighted by Crippen LogP contribution is -2.27. The fourth-order valence-corrected chi connectivity index (χ4v) is 2.35. The summed E-state index contributed by atoms with van der Waals surface area (Å²) in [6.45, 7) is 4.09. The van der Waals surface area contributed by atoms with Crippen molar-refractivity contribution in [2.45, 2.75) is 32.1 Å². The van der Waals surface area contributed by atoms with E-state index in [-0.39, 0.29) is 12.4 Å². The normalized spacial score (nSPS) is 28.8. The summed E-state index contributed by atoms with van der Waals surface area (Å²) in [5.41, 5.74) is 0. The number of hydrogen-bond donors (Lipinski definition) is 0. The topological polar surface area (TPSA) is 3.24 Å². The molecule has 1 unspecified atom stereocenters. The minimum atomic E-state index is 0. The highest BCUT2D eigenvalue weighted by atomic mass is 35.5. The quantitative estimate of drug-likeness (QED) is 0.622. The lowest BCUT2D eigenvalue weighted by Gasteiger charge is -2.23. The summed E-state index contributed by atoms with van der Waals surface area (Å²) < 4.78 is 0. The zero-order chi connectivity index (χ0) is 8.23. The monoisotopic (exact) mass is 201 g/mol. The van der Waals surface area contributed by atoms with Gasteiger partial charge in [0.05, 0.1) is 0 Å². The van der Waals surface area contributed by atoms with Crippen LogP contribution in [0.4, 0.5) is 0 Å². The fraction of sp³-hybridized carbons (Fsp3) is 0.818. The van der Waals surface area contributed by atoms with Crippen LogP contribution in [0.3, 0.4) is 0 Å². The molecule has 0 aromatic carbocycles. The average molecular weight is 202 g/mol. The second kappa shape index (κ2) is 5.66. The first-order chi connectivity index (χ1) is 5.95. The van der Waals surface area contributed by atoms with Crippen molar-refractivity contribution in [2.24, 2.45) is 5.92 Å². The molecule has 1 aliphatic heterocycles. The summed E-state index contributed by atoms with van der Waals surface area (Å²) >= 11 is 0. The third kappa shape index (κ3) is 3.32. The van der Waals surface area contributed by atoms with Crippen molar-refractivity contribution in [2.75, 3.05) is 19.6 Å². The second-order valence-electron chi connectivity index (χ2n) is 4.16. The first-order valence-electron chi connectivity index (χ1n) is 5.32. The van der Waals surface area contributed by atoms with Crippen LogP contribution < -0.4 is 0 Å². The molecule has 76 valence electrons. The van der Waals surface area contributed by atoms with E-state index in [4.69, 9.17) is 0 Å². The van der Waals surface area contributed by atoms with Crippen molar-refractivity contribution in [3.8, 4) is 0 Å². The van der Waals surface area contributed by atoms with Crippen LogP contribution in [0.2, 0.25) is 0 Å². The molecular formula is C11H20ClN. The fourth-order valence-electron chi connectivity index (χ4n) is 2.35. The molecule has 0 amide bonds. The maximum Gasteiger partial charge on any atom is 0.00127 e. The van der Waals surface area contributed by atoms with E-state index in [0.29, 0.717) is 0 Å². The number of allylic oxidation sites excluding steroid dienone is 2. The largest absolute Gasteiger partial charge is 0.303 e. The maximum absolute atomic E-state index is 2.64. The molecule has 0 bridgehead atoms. The predicted molar refractivity (Wildman–Crippen MR) is 59.4 cm³/mol. The Bertz CT molecular complexity index is 161. The summed E-state index contributed by atoms with van der Waals surface area (Å²) in [6, 6.07) is 0. The molecule has 0 radical (unpaired) electrons. The van der Waals surface area contributed by atoms with Crippen LogP contribution in [0, 0.1) is 5.92 Å². The van der Waals surface area contributed by atoms with Crippen molar-refractivity contribution in [1.82, 2.24) is 4.90 Å². The van der Waals surface area contributed by atoms with Crippen LogP contribution in [0.15, 0.2) is 12.2 Å². The molecule has 0 aromatic rings. The van der Waals surface area contributed by atoms with Crippen LogP contribution in [0.1, 0.15) is 32.1 Å². The van der Waals surface area contributed by atoms with Crippen LogP contribution in [0.5, 0.6) is 0 Å². The summed E-state index contributed by atoms with van der Waals surface area (Å²) in [5, 5.41) is 0. The van der Waals surface area contributed by atoms with Gasteiger partial charge in [-0.25, -0.2) is 0 Å². The average Bonchev–Trinajstić information content (AvgIpc) is 2.59. The van der Waals surface area contributed by atoms with Crippen LogP contribution in [-0.2, 0) is 0 Å². The smallest absolute Gasteiger partial charge is 0.00127 e. The summed E-state index contributed by atoms with van der Waals surface area (Å²) in [7, 11) is 0. The molecule has 1 aliphatic carbocycles. The lowest BCUT2D eigenvalue weighted by molar-refractivity contribution is 0.266. The second-order valence-corrected chi connectivity index (χ2v) is 4.16. The van der Waals surface area contributed by atoms with Gasteiger partial charge >= 0.3 is 0 Å². The summed E-state index contributed by atoms with van der Waals surface area (Å²) in [4.78, 5) is 2.64. The highest BCUT2D eigenvalue weighted by Gasteiger charge is 2.17. The SMILES string of the molecule is C1=CCC(CN2CCCC2)CC1.Cl. The van der Waals surface area contributed by atoms with Gasteiger partial charge in [0.1, 0.15) is 0 Å². The highest BCUT2D eigenvalue weighted by Crippen LogP contribution is 2.20. The van der Waals surface area contributed by atoms with Gasteiger partial charge < -0.3 is 4.90 Å². The molecule has 13 heavy (non-hydrogen) atoms. The van der Waals surface area contributed by atoms with Crippen molar-refractivity contribution < 1.29 is 0 Å². The van der Waals surface area contributed by atoms with E-state index in [1.54, 1.807) is 0 Å². The third-order valence-corrected chi connectivity index (χ3v) is 3.09. The van der Waals surface area contributed by atoms with Gasteiger partial charge in [0.25, 0.3) is 0 Å². The Morgan fingerprint density at radius 2 is 1.92 bits per heavy atom. The molecule has 1 heterocycles. The number of hydrogen-bond acceptors (Lipinski definition) is 1. The Morgan fingerprint density at radius 3 is 2.54 bits per heavy atom. The highest BCUT2D eigenvalue weighted by molar-refractivity contribution is 5.85. The Balaban J connectivity index is 0.000000845. The summed E-state index contributed by atoms with van der Waals surface area (Å²) in [5.74, 6) is 0.966. The maximum atomic E-state index is 2.64. The molecule has 2 aliphatic rings. The number of nitrogens with zero attached hydrogens (tertiary/aromatic N) is 1. The van der Waals surface area contributed by atoms with Gasteiger partial charge in [0, 0.05) is 6.54 Å². The number of rotatable bonds is 2. The van der Waals surface area contributed by atoms with E-state index in [2.05, 4.69) is 17.1 Å². The van der Waals surface area contributed by atoms with E-state index < -0.39 is 0 Å². The number of halogens is 1. The van der Waals surface area contributed by atoms with Gasteiger partial charge in [0.15, 0.2) is 0 Å².